The van der Waals surface area contributed by atoms with Crippen LogP contribution < -0.4 is 0 Å². The largest absolute Gasteiger partial charge is 0.276 e. The Hall–Kier alpha value is -0.900. The van der Waals surface area contributed by atoms with Gasteiger partial charge in [0.15, 0.2) is 6.17 Å². The highest BCUT2D eigenvalue weighted by molar-refractivity contribution is 4.89. The van der Waals surface area contributed by atoms with Crippen molar-refractivity contribution in [2.75, 3.05) is 13.1 Å². The topological polar surface area (TPSA) is 34.0 Å². The zero-order valence-corrected chi connectivity index (χ0v) is 8.85. The van der Waals surface area contributed by atoms with E-state index in [-0.39, 0.29) is 0 Å². The third-order valence-corrected chi connectivity index (χ3v) is 3.00. The van der Waals surface area contributed by atoms with E-state index in [1.165, 1.54) is 19.0 Å². The van der Waals surface area contributed by atoms with Crippen LogP contribution in [0.1, 0.15) is 26.7 Å². The molecule has 0 aliphatic carbocycles. The van der Waals surface area contributed by atoms with Gasteiger partial charge in [-0.3, -0.25) is 4.90 Å². The van der Waals surface area contributed by atoms with Gasteiger partial charge >= 0.3 is 0 Å². The summed E-state index contributed by atoms with van der Waals surface area (Å²) in [6.45, 7) is 6.71. The summed E-state index contributed by atoms with van der Waals surface area (Å²) in [6.07, 6.45) is 7.37. The van der Waals surface area contributed by atoms with Crippen LogP contribution in [0.2, 0.25) is 0 Å². The lowest BCUT2D eigenvalue weighted by Gasteiger charge is -2.33. The Morgan fingerprint density at radius 1 is 1.36 bits per heavy atom. The molecule has 0 unspecified atom stereocenters. The van der Waals surface area contributed by atoms with Gasteiger partial charge < -0.3 is 0 Å². The van der Waals surface area contributed by atoms with Crippen molar-refractivity contribution in [1.82, 2.24) is 19.9 Å². The molecule has 1 aliphatic heterocycles. The number of hydrogen-bond acceptors (Lipinski definition) is 3. The van der Waals surface area contributed by atoms with E-state index in [9.17, 15) is 0 Å². The summed E-state index contributed by atoms with van der Waals surface area (Å²) < 4.78 is 1.84. The van der Waals surface area contributed by atoms with Crippen LogP contribution in [0.25, 0.3) is 0 Å². The van der Waals surface area contributed by atoms with Crippen molar-refractivity contribution in [3.05, 3.63) is 18.6 Å². The molecule has 0 N–H and O–H groups in total. The van der Waals surface area contributed by atoms with Crippen LogP contribution in [0.3, 0.4) is 0 Å². The number of nitrogens with zero attached hydrogens (tertiary/aromatic N) is 4. The van der Waals surface area contributed by atoms with Crippen LogP contribution in [0.4, 0.5) is 0 Å². The monoisotopic (exact) mass is 193 g/mol. The lowest BCUT2D eigenvalue weighted by molar-refractivity contribution is 0.182. The van der Waals surface area contributed by atoms with E-state index in [1.54, 1.807) is 6.20 Å². The first kappa shape index (κ1) is 9.65. The molecule has 1 fully saturated rings. The number of hydrogen-bond donors (Lipinski definition) is 0. The van der Waals surface area contributed by atoms with Gasteiger partial charge in [-0.1, -0.05) is 12.1 Å². The van der Waals surface area contributed by atoms with Crippen LogP contribution in [-0.4, -0.2) is 33.0 Å². The molecule has 1 aromatic rings. The first-order valence-electron chi connectivity index (χ1n) is 5.22. The molecule has 77 valence electrons. The second-order valence-electron chi connectivity index (χ2n) is 4.06. The second kappa shape index (κ2) is 4.09. The van der Waals surface area contributed by atoms with E-state index >= 15 is 0 Å². The van der Waals surface area contributed by atoms with Gasteiger partial charge in [0.2, 0.25) is 0 Å². The minimum atomic E-state index is 0.870. The van der Waals surface area contributed by atoms with Crippen LogP contribution in [0.5, 0.6) is 0 Å². The average Bonchev–Trinajstić information content (AvgIpc) is 2.71. The fourth-order valence-electron chi connectivity index (χ4n) is 1.86. The van der Waals surface area contributed by atoms with E-state index < -0.39 is 0 Å². The molecule has 14 heavy (non-hydrogen) atoms. The zero-order valence-electron chi connectivity index (χ0n) is 8.85. The molecule has 1 aromatic heterocycles. The fourth-order valence-corrected chi connectivity index (χ4v) is 1.86. The fraction of sp³-hybridized carbons (Fsp3) is 0.700. The van der Waals surface area contributed by atoms with E-state index in [2.05, 4.69) is 29.1 Å². The molecule has 2 rings (SSSR count). The average molecular weight is 193 g/mol. The van der Waals surface area contributed by atoms with Gasteiger partial charge in [-0.15, -0.1) is 5.10 Å². The van der Waals surface area contributed by atoms with Gasteiger partial charge in [0.05, 0.1) is 6.20 Å². The molecule has 4 nitrogen and oxygen atoms in total. The summed E-state index contributed by atoms with van der Waals surface area (Å²) in [5.74, 6) is 0.870. The number of piperidine rings is 1. The smallest absolute Gasteiger partial charge is 0.152 e. The predicted octanol–water partition coefficient (Wildman–Crippen LogP) is 1.37. The van der Waals surface area contributed by atoms with E-state index in [1.807, 2.05) is 10.9 Å². The molecule has 0 amide bonds. The van der Waals surface area contributed by atoms with Gasteiger partial charge in [-0.25, -0.2) is 4.68 Å². The molecule has 2 heterocycles. The quantitative estimate of drug-likeness (QED) is 0.711. The van der Waals surface area contributed by atoms with Gasteiger partial charge in [0.1, 0.15) is 0 Å². The molecule has 0 aromatic carbocycles. The van der Waals surface area contributed by atoms with Crippen LogP contribution in [-0.2, 0) is 0 Å². The minimum absolute atomic E-state index is 0.870. The first-order chi connectivity index (χ1) is 6.77. The Bertz CT molecular complexity index is 262. The summed E-state index contributed by atoms with van der Waals surface area (Å²) in [6, 6.07) is 0. The Labute approximate surface area is 84.9 Å². The Morgan fingerprint density at radius 3 is 2.64 bits per heavy atom. The SMILES string of the molecule is C[C](N1CCC(C)CC1)n1ccnn1. The van der Waals surface area contributed by atoms with Gasteiger partial charge in [-0.05, 0) is 25.7 Å². The van der Waals surface area contributed by atoms with Crippen LogP contribution in [0.15, 0.2) is 12.4 Å². The third kappa shape index (κ3) is 1.95. The summed E-state index contributed by atoms with van der Waals surface area (Å²) in [5.41, 5.74) is 0. The van der Waals surface area contributed by atoms with Crippen molar-refractivity contribution in [2.45, 2.75) is 26.7 Å². The molecule has 4 heteroatoms. The minimum Gasteiger partial charge on any atom is -0.276 e. The lowest BCUT2D eigenvalue weighted by atomic mass is 9.99. The number of rotatable bonds is 2. The van der Waals surface area contributed by atoms with Crippen LogP contribution >= 0.6 is 0 Å². The molecule has 1 aliphatic rings. The maximum atomic E-state index is 4.00. The highest BCUT2D eigenvalue weighted by atomic mass is 15.5. The van der Waals surface area contributed by atoms with Gasteiger partial charge in [0, 0.05) is 19.3 Å². The Kier molecular flexibility index (Phi) is 2.82. The maximum absolute atomic E-state index is 4.00. The van der Waals surface area contributed by atoms with Gasteiger partial charge in [0.25, 0.3) is 0 Å². The van der Waals surface area contributed by atoms with E-state index in [0.717, 1.165) is 19.0 Å². The standard InChI is InChI=1S/C10H17N4/c1-9-3-6-13(7-4-9)10(2)14-8-5-11-12-14/h5,8-9H,3-4,6-7H2,1-2H3. The maximum Gasteiger partial charge on any atom is 0.152 e. The summed E-state index contributed by atoms with van der Waals surface area (Å²) >= 11 is 0. The van der Waals surface area contributed by atoms with E-state index in [4.69, 9.17) is 0 Å². The summed E-state index contributed by atoms with van der Waals surface area (Å²) in [4.78, 5) is 2.38. The molecule has 0 atom stereocenters. The Morgan fingerprint density at radius 2 is 2.07 bits per heavy atom. The van der Waals surface area contributed by atoms with Crippen molar-refractivity contribution in [3.8, 4) is 0 Å². The highest BCUT2D eigenvalue weighted by Crippen LogP contribution is 2.20. The molecular weight excluding hydrogens is 176 g/mol. The number of aromatic nitrogens is 3. The Balaban J connectivity index is 1.95. The van der Waals surface area contributed by atoms with Crippen molar-refractivity contribution in [2.24, 2.45) is 5.92 Å². The lowest BCUT2D eigenvalue weighted by Crippen LogP contribution is -2.38. The zero-order chi connectivity index (χ0) is 9.97. The van der Waals surface area contributed by atoms with Gasteiger partial charge in [-0.2, -0.15) is 0 Å². The molecule has 1 saturated heterocycles. The highest BCUT2D eigenvalue weighted by Gasteiger charge is 2.22. The molecule has 1 radical (unpaired) electrons. The van der Waals surface area contributed by atoms with Crippen molar-refractivity contribution in [1.29, 1.82) is 0 Å². The molecule has 0 saturated carbocycles. The molecule has 0 bridgehead atoms. The normalized spacial score (nSPS) is 20.5. The second-order valence-corrected chi connectivity index (χ2v) is 4.06. The molecule has 0 spiro atoms. The summed E-state index contributed by atoms with van der Waals surface area (Å²) in [5, 5.41) is 7.82. The van der Waals surface area contributed by atoms with Crippen molar-refractivity contribution in [3.63, 3.8) is 0 Å². The summed E-state index contributed by atoms with van der Waals surface area (Å²) in [7, 11) is 0. The first-order valence-corrected chi connectivity index (χ1v) is 5.22. The van der Waals surface area contributed by atoms with E-state index in [0.29, 0.717) is 0 Å². The van der Waals surface area contributed by atoms with Crippen molar-refractivity contribution >= 4 is 0 Å². The number of likely N-dealkylation sites (tertiary alicyclic amines) is 1. The third-order valence-electron chi connectivity index (χ3n) is 3.00. The molecular formula is C10H17N4. The predicted molar refractivity (Wildman–Crippen MR) is 54.3 cm³/mol. The van der Waals surface area contributed by atoms with Crippen LogP contribution in [0, 0.1) is 12.1 Å². The van der Waals surface area contributed by atoms with Crippen molar-refractivity contribution < 1.29 is 0 Å².